The zero-order valence-electron chi connectivity index (χ0n) is 11.3. The summed E-state index contributed by atoms with van der Waals surface area (Å²) in [6.07, 6.45) is 1.78. The number of rotatable bonds is 1. The lowest BCUT2D eigenvalue weighted by Crippen LogP contribution is -2.41. The van der Waals surface area contributed by atoms with Crippen LogP contribution in [-0.4, -0.2) is 28.3 Å². The molecule has 0 unspecified atom stereocenters. The van der Waals surface area contributed by atoms with Gasteiger partial charge < -0.3 is 14.3 Å². The van der Waals surface area contributed by atoms with Crippen molar-refractivity contribution in [3.8, 4) is 0 Å². The minimum atomic E-state index is -0.377. The van der Waals surface area contributed by atoms with Gasteiger partial charge in [0.05, 0.1) is 15.9 Å². The molecular formula is C12H15BN2O2S2. The molecule has 0 spiro atoms. The monoisotopic (exact) mass is 294 g/mol. The molecule has 100 valence electrons. The van der Waals surface area contributed by atoms with Crippen LogP contribution in [0.2, 0.25) is 0 Å². The van der Waals surface area contributed by atoms with E-state index in [1.54, 1.807) is 6.20 Å². The Kier molecular flexibility index (Phi) is 2.87. The van der Waals surface area contributed by atoms with Crippen LogP contribution in [0.15, 0.2) is 12.3 Å². The molecule has 1 fully saturated rings. The Balaban J connectivity index is 2.00. The molecule has 0 radical (unpaired) electrons. The third-order valence-electron chi connectivity index (χ3n) is 3.82. The number of pyridine rings is 1. The van der Waals surface area contributed by atoms with Gasteiger partial charge in [-0.3, -0.25) is 0 Å². The van der Waals surface area contributed by atoms with Gasteiger partial charge in [-0.05, 0) is 46.0 Å². The summed E-state index contributed by atoms with van der Waals surface area (Å²) in [5, 5.41) is 0. The second-order valence-corrected chi connectivity index (χ2v) is 7.44. The minimum Gasteiger partial charge on any atom is -0.399 e. The lowest BCUT2D eigenvalue weighted by molar-refractivity contribution is 0.00578. The summed E-state index contributed by atoms with van der Waals surface area (Å²) in [5.74, 6) is 0. The number of fused-ring (bicyclic) bond motifs is 1. The Morgan fingerprint density at radius 1 is 1.26 bits per heavy atom. The predicted molar refractivity (Wildman–Crippen MR) is 80.5 cm³/mol. The van der Waals surface area contributed by atoms with E-state index in [9.17, 15) is 0 Å². The average Bonchev–Trinajstić information content (AvgIpc) is 2.74. The highest BCUT2D eigenvalue weighted by Crippen LogP contribution is 2.36. The number of nitrogens with one attached hydrogen (secondary N) is 1. The minimum absolute atomic E-state index is 0.336. The first kappa shape index (κ1) is 13.2. The van der Waals surface area contributed by atoms with Crippen molar-refractivity contribution in [2.75, 3.05) is 0 Å². The molecule has 1 saturated heterocycles. The highest BCUT2D eigenvalue weighted by molar-refractivity contribution is 7.73. The van der Waals surface area contributed by atoms with Gasteiger partial charge in [0, 0.05) is 11.7 Å². The predicted octanol–water partition coefficient (Wildman–Crippen LogP) is 2.65. The van der Waals surface area contributed by atoms with Gasteiger partial charge in [0.2, 0.25) is 0 Å². The van der Waals surface area contributed by atoms with Crippen LogP contribution < -0.4 is 5.46 Å². The van der Waals surface area contributed by atoms with E-state index in [2.05, 4.69) is 9.97 Å². The van der Waals surface area contributed by atoms with Gasteiger partial charge in [-0.1, -0.05) is 0 Å². The van der Waals surface area contributed by atoms with Gasteiger partial charge in [0.15, 0.2) is 3.95 Å². The molecule has 3 rings (SSSR count). The van der Waals surface area contributed by atoms with E-state index in [1.165, 1.54) is 11.3 Å². The van der Waals surface area contributed by atoms with E-state index in [-0.39, 0.29) is 18.3 Å². The Morgan fingerprint density at radius 2 is 1.89 bits per heavy atom. The van der Waals surface area contributed by atoms with Crippen molar-refractivity contribution in [1.82, 2.24) is 9.97 Å². The number of hydrogen-bond donors (Lipinski definition) is 1. The molecule has 1 N–H and O–H groups in total. The largest absolute Gasteiger partial charge is 0.496 e. The first-order chi connectivity index (χ1) is 8.78. The van der Waals surface area contributed by atoms with Crippen molar-refractivity contribution >= 4 is 46.5 Å². The van der Waals surface area contributed by atoms with Gasteiger partial charge in [-0.2, -0.15) is 0 Å². The summed E-state index contributed by atoms with van der Waals surface area (Å²) in [4.78, 5) is 7.42. The summed E-state index contributed by atoms with van der Waals surface area (Å²) >= 11 is 6.63. The van der Waals surface area contributed by atoms with E-state index in [1.807, 2.05) is 33.8 Å². The van der Waals surface area contributed by atoms with Crippen LogP contribution in [0.5, 0.6) is 0 Å². The third-order valence-corrected chi connectivity index (χ3v) is 4.99. The molecule has 0 saturated carbocycles. The molecule has 7 heteroatoms. The van der Waals surface area contributed by atoms with E-state index >= 15 is 0 Å². The molecule has 0 bridgehead atoms. The van der Waals surface area contributed by atoms with Crippen LogP contribution in [0.1, 0.15) is 27.7 Å². The van der Waals surface area contributed by atoms with Crippen molar-refractivity contribution in [1.29, 1.82) is 0 Å². The molecule has 0 aliphatic carbocycles. The normalized spacial score (nSPS) is 21.2. The molecule has 0 amide bonds. The lowest BCUT2D eigenvalue weighted by atomic mass is 9.80. The molecule has 0 aromatic carbocycles. The molecule has 3 heterocycles. The second-order valence-electron chi connectivity index (χ2n) is 5.72. The van der Waals surface area contributed by atoms with Gasteiger partial charge >= 0.3 is 7.12 Å². The number of nitrogens with zero attached hydrogens (tertiary/aromatic N) is 1. The Bertz CT molecular complexity index is 676. The van der Waals surface area contributed by atoms with Gasteiger partial charge in [0.1, 0.15) is 5.65 Å². The SMILES string of the molecule is CC1(C)OB(c2cnc3[nH]c(=S)sc3c2)OC1(C)C. The maximum Gasteiger partial charge on any atom is 0.496 e. The number of aromatic amines is 1. The van der Waals surface area contributed by atoms with Crippen molar-refractivity contribution in [3.05, 3.63) is 16.2 Å². The zero-order chi connectivity index (χ0) is 13.8. The Hall–Kier alpha value is -0.755. The first-order valence-corrected chi connectivity index (χ1v) is 7.35. The fraction of sp³-hybridized carbons (Fsp3) is 0.500. The topological polar surface area (TPSA) is 47.1 Å². The zero-order valence-corrected chi connectivity index (χ0v) is 12.9. The summed E-state index contributed by atoms with van der Waals surface area (Å²) in [5.41, 5.74) is 1.07. The summed E-state index contributed by atoms with van der Waals surface area (Å²) < 4.78 is 13.8. The maximum absolute atomic E-state index is 6.01. The third kappa shape index (κ3) is 2.14. The standard InChI is InChI=1S/C12H15BN2O2S2/c1-11(2)12(3,4)17-13(16-11)7-5-8-9(14-6-7)15-10(18)19-8/h5-6H,1-4H3,(H,14,15,18). The van der Waals surface area contributed by atoms with Crippen molar-refractivity contribution < 1.29 is 9.31 Å². The highest BCUT2D eigenvalue weighted by Gasteiger charge is 2.51. The van der Waals surface area contributed by atoms with E-state index in [4.69, 9.17) is 21.5 Å². The van der Waals surface area contributed by atoms with E-state index in [0.717, 1.165) is 19.8 Å². The second kappa shape index (κ2) is 4.12. The number of hydrogen-bond acceptors (Lipinski definition) is 5. The van der Waals surface area contributed by atoms with Crippen LogP contribution in [0, 0.1) is 3.95 Å². The van der Waals surface area contributed by atoms with Gasteiger partial charge in [-0.15, -0.1) is 11.3 Å². The van der Waals surface area contributed by atoms with Crippen LogP contribution in [0.25, 0.3) is 10.3 Å². The van der Waals surface area contributed by atoms with Crippen molar-refractivity contribution in [3.63, 3.8) is 0 Å². The number of thiazole rings is 1. The maximum atomic E-state index is 6.01. The summed E-state index contributed by atoms with van der Waals surface area (Å²) in [6, 6.07) is 2.03. The first-order valence-electron chi connectivity index (χ1n) is 6.13. The fourth-order valence-corrected chi connectivity index (χ4v) is 3.07. The molecule has 0 atom stereocenters. The van der Waals surface area contributed by atoms with E-state index in [0.29, 0.717) is 0 Å². The quantitative estimate of drug-likeness (QED) is 0.649. The Morgan fingerprint density at radius 3 is 2.53 bits per heavy atom. The summed E-state index contributed by atoms with van der Waals surface area (Å²) in [6.45, 7) is 8.16. The average molecular weight is 294 g/mol. The Labute approximate surface area is 121 Å². The van der Waals surface area contributed by atoms with Crippen LogP contribution in [0.4, 0.5) is 0 Å². The van der Waals surface area contributed by atoms with Crippen LogP contribution in [0.3, 0.4) is 0 Å². The highest BCUT2D eigenvalue weighted by atomic mass is 32.1. The molecule has 4 nitrogen and oxygen atoms in total. The number of H-pyrrole nitrogens is 1. The lowest BCUT2D eigenvalue weighted by Gasteiger charge is -2.32. The smallest absolute Gasteiger partial charge is 0.399 e. The fourth-order valence-electron chi connectivity index (χ4n) is 1.96. The molecule has 2 aromatic heterocycles. The summed E-state index contributed by atoms with van der Waals surface area (Å²) in [7, 11) is -0.377. The number of aromatic nitrogens is 2. The van der Waals surface area contributed by atoms with Crippen LogP contribution in [-0.2, 0) is 9.31 Å². The molecular weight excluding hydrogens is 279 g/mol. The van der Waals surface area contributed by atoms with Crippen molar-refractivity contribution in [2.45, 2.75) is 38.9 Å². The molecule has 1 aliphatic heterocycles. The van der Waals surface area contributed by atoms with Crippen molar-refractivity contribution in [2.24, 2.45) is 0 Å². The molecule has 2 aromatic rings. The molecule has 1 aliphatic rings. The van der Waals surface area contributed by atoms with E-state index < -0.39 is 0 Å². The van der Waals surface area contributed by atoms with Gasteiger partial charge in [0.25, 0.3) is 0 Å². The molecule has 19 heavy (non-hydrogen) atoms. The van der Waals surface area contributed by atoms with Gasteiger partial charge in [-0.25, -0.2) is 4.98 Å². The van der Waals surface area contributed by atoms with Crippen LogP contribution >= 0.6 is 23.6 Å².